The summed E-state index contributed by atoms with van der Waals surface area (Å²) in [7, 11) is 0. The summed E-state index contributed by atoms with van der Waals surface area (Å²) in [6.07, 6.45) is 4.18. The highest BCUT2D eigenvalue weighted by atomic mass is 15.2. The minimum absolute atomic E-state index is 0.765. The van der Waals surface area contributed by atoms with E-state index in [1.54, 1.807) is 0 Å². The molecule has 3 atom stereocenters. The van der Waals surface area contributed by atoms with Crippen LogP contribution in [0.25, 0.3) is 0 Å². The van der Waals surface area contributed by atoms with Gasteiger partial charge in [0.25, 0.3) is 0 Å². The van der Waals surface area contributed by atoms with Gasteiger partial charge < -0.3 is 5.32 Å². The molecule has 1 heterocycles. The third-order valence-corrected chi connectivity index (χ3v) is 4.99. The Labute approximate surface area is 117 Å². The van der Waals surface area contributed by atoms with Gasteiger partial charge in [-0.3, -0.25) is 4.90 Å². The quantitative estimate of drug-likeness (QED) is 0.873. The van der Waals surface area contributed by atoms with E-state index in [-0.39, 0.29) is 0 Å². The highest BCUT2D eigenvalue weighted by molar-refractivity contribution is 5.21. The summed E-state index contributed by atoms with van der Waals surface area (Å²) in [5.74, 6) is 1.66. The zero-order valence-electron chi connectivity index (χ0n) is 12.0. The van der Waals surface area contributed by atoms with Crippen molar-refractivity contribution in [2.24, 2.45) is 5.92 Å². The Balaban J connectivity index is 1.54. The van der Waals surface area contributed by atoms with E-state index in [0.29, 0.717) is 0 Å². The standard InChI is InChI=1S/C17H26N2/c1-2-18-12-15-8-9-17(15)19-11-10-16(13-19)14-6-4-3-5-7-14/h3-7,15-18H,2,8-13H2,1H3. The molecule has 1 aromatic rings. The number of rotatable bonds is 5. The minimum atomic E-state index is 0.765. The second-order valence-corrected chi connectivity index (χ2v) is 6.10. The first kappa shape index (κ1) is 13.1. The summed E-state index contributed by atoms with van der Waals surface area (Å²) >= 11 is 0. The Kier molecular flexibility index (Phi) is 4.19. The van der Waals surface area contributed by atoms with Crippen LogP contribution in [-0.4, -0.2) is 37.1 Å². The van der Waals surface area contributed by atoms with Gasteiger partial charge in [0.1, 0.15) is 0 Å². The monoisotopic (exact) mass is 258 g/mol. The lowest BCUT2D eigenvalue weighted by molar-refractivity contribution is 0.0815. The van der Waals surface area contributed by atoms with Crippen LogP contribution in [0.2, 0.25) is 0 Å². The lowest BCUT2D eigenvalue weighted by atomic mass is 9.78. The molecule has 19 heavy (non-hydrogen) atoms. The van der Waals surface area contributed by atoms with Gasteiger partial charge in [-0.15, -0.1) is 0 Å². The predicted octanol–water partition coefficient (Wildman–Crippen LogP) is 2.86. The summed E-state index contributed by atoms with van der Waals surface area (Å²) in [6, 6.07) is 11.9. The highest BCUT2D eigenvalue weighted by Gasteiger charge is 2.38. The summed E-state index contributed by atoms with van der Waals surface area (Å²) in [5, 5.41) is 3.52. The molecule has 2 heteroatoms. The van der Waals surface area contributed by atoms with Crippen molar-refractivity contribution < 1.29 is 0 Å². The molecule has 1 aliphatic heterocycles. The molecular formula is C17H26N2. The van der Waals surface area contributed by atoms with Crippen LogP contribution in [0.4, 0.5) is 0 Å². The molecule has 3 rings (SSSR count). The van der Waals surface area contributed by atoms with E-state index in [4.69, 9.17) is 0 Å². The molecule has 2 nitrogen and oxygen atoms in total. The molecule has 0 radical (unpaired) electrons. The van der Waals surface area contributed by atoms with Gasteiger partial charge in [0.15, 0.2) is 0 Å². The molecule has 0 aromatic heterocycles. The van der Waals surface area contributed by atoms with Gasteiger partial charge in [-0.1, -0.05) is 37.3 Å². The fourth-order valence-corrected chi connectivity index (χ4v) is 3.69. The predicted molar refractivity (Wildman–Crippen MR) is 80.4 cm³/mol. The molecule has 0 spiro atoms. The molecule has 0 amide bonds. The first-order valence-corrected chi connectivity index (χ1v) is 7.88. The topological polar surface area (TPSA) is 15.3 Å². The zero-order valence-corrected chi connectivity index (χ0v) is 12.0. The van der Waals surface area contributed by atoms with Gasteiger partial charge in [-0.05, 0) is 56.3 Å². The van der Waals surface area contributed by atoms with E-state index < -0.39 is 0 Å². The molecular weight excluding hydrogens is 232 g/mol. The van der Waals surface area contributed by atoms with E-state index >= 15 is 0 Å². The summed E-state index contributed by atoms with van der Waals surface area (Å²) < 4.78 is 0. The van der Waals surface area contributed by atoms with Gasteiger partial charge in [-0.25, -0.2) is 0 Å². The lowest BCUT2D eigenvalue weighted by Crippen LogP contribution is -2.49. The summed E-state index contributed by atoms with van der Waals surface area (Å²) in [5.41, 5.74) is 1.53. The number of nitrogens with one attached hydrogen (secondary N) is 1. The van der Waals surface area contributed by atoms with Crippen molar-refractivity contribution in [2.75, 3.05) is 26.2 Å². The SMILES string of the molecule is CCNCC1CCC1N1CCC(c2ccccc2)C1. The van der Waals surface area contributed by atoms with Crippen LogP contribution < -0.4 is 5.32 Å². The lowest BCUT2D eigenvalue weighted by Gasteiger charge is -2.43. The Hall–Kier alpha value is -0.860. The van der Waals surface area contributed by atoms with Gasteiger partial charge >= 0.3 is 0 Å². The van der Waals surface area contributed by atoms with Crippen molar-refractivity contribution in [3.63, 3.8) is 0 Å². The Morgan fingerprint density at radius 2 is 2.00 bits per heavy atom. The van der Waals surface area contributed by atoms with Gasteiger partial charge in [0, 0.05) is 12.6 Å². The smallest absolute Gasteiger partial charge is 0.0136 e. The second kappa shape index (κ2) is 6.06. The van der Waals surface area contributed by atoms with Crippen LogP contribution in [0.15, 0.2) is 30.3 Å². The number of benzene rings is 1. The van der Waals surface area contributed by atoms with Crippen LogP contribution in [0, 0.1) is 5.92 Å². The average Bonchev–Trinajstić information content (AvgIpc) is 2.88. The highest BCUT2D eigenvalue weighted by Crippen LogP contribution is 2.37. The van der Waals surface area contributed by atoms with E-state index in [1.807, 2.05) is 0 Å². The van der Waals surface area contributed by atoms with Crippen LogP contribution in [0.3, 0.4) is 0 Å². The fourth-order valence-electron chi connectivity index (χ4n) is 3.69. The first-order valence-electron chi connectivity index (χ1n) is 7.88. The summed E-state index contributed by atoms with van der Waals surface area (Å²) in [4.78, 5) is 2.75. The molecule has 1 N–H and O–H groups in total. The maximum atomic E-state index is 3.52. The molecule has 1 aromatic carbocycles. The van der Waals surface area contributed by atoms with Crippen molar-refractivity contribution in [1.82, 2.24) is 10.2 Å². The van der Waals surface area contributed by atoms with E-state index in [0.717, 1.165) is 24.4 Å². The maximum absolute atomic E-state index is 3.52. The summed E-state index contributed by atoms with van der Waals surface area (Å²) in [6.45, 7) is 7.10. The van der Waals surface area contributed by atoms with Gasteiger partial charge in [0.05, 0.1) is 0 Å². The van der Waals surface area contributed by atoms with Crippen LogP contribution in [0.5, 0.6) is 0 Å². The van der Waals surface area contributed by atoms with Gasteiger partial charge in [-0.2, -0.15) is 0 Å². The number of likely N-dealkylation sites (tertiary alicyclic amines) is 1. The Morgan fingerprint density at radius 3 is 2.68 bits per heavy atom. The largest absolute Gasteiger partial charge is 0.317 e. The molecule has 3 unspecified atom stereocenters. The van der Waals surface area contributed by atoms with E-state index in [9.17, 15) is 0 Å². The normalized spacial score (nSPS) is 31.3. The van der Waals surface area contributed by atoms with Crippen LogP contribution in [-0.2, 0) is 0 Å². The molecule has 2 fully saturated rings. The van der Waals surface area contributed by atoms with Crippen LogP contribution >= 0.6 is 0 Å². The fraction of sp³-hybridized carbons (Fsp3) is 0.647. The molecule has 104 valence electrons. The Morgan fingerprint density at radius 1 is 1.16 bits per heavy atom. The second-order valence-electron chi connectivity index (χ2n) is 6.10. The third-order valence-electron chi connectivity index (χ3n) is 4.99. The average molecular weight is 258 g/mol. The van der Waals surface area contributed by atoms with Crippen molar-refractivity contribution in [2.45, 2.75) is 38.1 Å². The number of hydrogen-bond donors (Lipinski definition) is 1. The first-order chi connectivity index (χ1) is 9.38. The molecule has 1 aliphatic carbocycles. The van der Waals surface area contributed by atoms with Crippen LogP contribution in [0.1, 0.15) is 37.7 Å². The maximum Gasteiger partial charge on any atom is 0.0136 e. The van der Waals surface area contributed by atoms with E-state index in [2.05, 4.69) is 47.5 Å². The third kappa shape index (κ3) is 2.85. The molecule has 1 saturated carbocycles. The molecule has 2 aliphatic rings. The Bertz CT molecular complexity index is 390. The number of nitrogens with zero attached hydrogens (tertiary/aromatic N) is 1. The zero-order chi connectivity index (χ0) is 13.1. The van der Waals surface area contributed by atoms with Crippen molar-refractivity contribution in [3.05, 3.63) is 35.9 Å². The molecule has 1 saturated heterocycles. The minimum Gasteiger partial charge on any atom is -0.317 e. The van der Waals surface area contributed by atoms with E-state index in [1.165, 1.54) is 44.5 Å². The molecule has 0 bridgehead atoms. The van der Waals surface area contributed by atoms with Crippen molar-refractivity contribution >= 4 is 0 Å². The van der Waals surface area contributed by atoms with Crippen molar-refractivity contribution in [3.8, 4) is 0 Å². The van der Waals surface area contributed by atoms with Crippen molar-refractivity contribution in [1.29, 1.82) is 0 Å². The van der Waals surface area contributed by atoms with Gasteiger partial charge in [0.2, 0.25) is 0 Å². The number of hydrogen-bond acceptors (Lipinski definition) is 2.